The molecule has 0 fully saturated rings. The van der Waals surface area contributed by atoms with E-state index in [4.69, 9.17) is 13.9 Å². The highest BCUT2D eigenvalue weighted by molar-refractivity contribution is 5.50. The number of nitrogens with zero attached hydrogens (tertiary/aromatic N) is 1. The molecule has 3 aromatic rings. The lowest BCUT2D eigenvalue weighted by molar-refractivity contribution is 0.259. The molecule has 1 atom stereocenters. The largest absolute Gasteiger partial charge is 0.493 e. The van der Waals surface area contributed by atoms with E-state index in [0.717, 1.165) is 43.3 Å². The van der Waals surface area contributed by atoms with Gasteiger partial charge in [-0.1, -0.05) is 30.3 Å². The molecule has 1 aliphatic rings. The second kappa shape index (κ2) is 7.89. The Hall–Kier alpha value is -2.72. The molecule has 2 aromatic carbocycles. The number of benzene rings is 2. The fraction of sp³-hybridized carbons (Fsp3) is 0.304. The van der Waals surface area contributed by atoms with Gasteiger partial charge in [0.05, 0.1) is 26.4 Å². The number of hydrogen-bond acceptors (Lipinski definition) is 4. The molecule has 0 bridgehead atoms. The van der Waals surface area contributed by atoms with Crippen molar-refractivity contribution in [3.63, 3.8) is 0 Å². The molecule has 27 heavy (non-hydrogen) atoms. The van der Waals surface area contributed by atoms with Gasteiger partial charge in [-0.05, 0) is 47.4 Å². The highest BCUT2D eigenvalue weighted by Gasteiger charge is 2.28. The number of hydrogen-bond donors (Lipinski definition) is 0. The summed E-state index contributed by atoms with van der Waals surface area (Å²) < 4.78 is 16.9. The van der Waals surface area contributed by atoms with E-state index in [1.54, 1.807) is 20.5 Å². The Bertz CT molecular complexity index is 874. The third-order valence-corrected chi connectivity index (χ3v) is 5.29. The molecular weight excluding hydrogens is 338 g/mol. The predicted molar refractivity (Wildman–Crippen MR) is 106 cm³/mol. The maximum atomic E-state index is 5.82. The van der Waals surface area contributed by atoms with E-state index < -0.39 is 0 Å². The standard InChI is InChI=1S/C23H25NO3/c1-25-22-13-18-10-11-24(15-17-7-4-3-5-8-17)16-20(21-9-6-12-27-21)19(18)14-23(22)26-2/h3-9,12-14,20H,10-11,15-16H2,1-2H3. The summed E-state index contributed by atoms with van der Waals surface area (Å²) in [4.78, 5) is 2.50. The maximum absolute atomic E-state index is 5.82. The number of ether oxygens (including phenoxy) is 2. The van der Waals surface area contributed by atoms with E-state index in [-0.39, 0.29) is 5.92 Å². The molecule has 0 saturated carbocycles. The molecule has 0 aliphatic carbocycles. The third kappa shape index (κ3) is 3.71. The summed E-state index contributed by atoms with van der Waals surface area (Å²) in [6.45, 7) is 2.83. The van der Waals surface area contributed by atoms with Gasteiger partial charge in [0.1, 0.15) is 5.76 Å². The number of rotatable bonds is 5. The SMILES string of the molecule is COc1cc2c(cc1OC)C(c1ccco1)CN(Cc1ccccc1)CC2. The topological polar surface area (TPSA) is 34.8 Å². The average molecular weight is 363 g/mol. The molecule has 2 heterocycles. The zero-order chi connectivity index (χ0) is 18.6. The van der Waals surface area contributed by atoms with Crippen LogP contribution in [0.2, 0.25) is 0 Å². The van der Waals surface area contributed by atoms with Crippen LogP contribution in [0.1, 0.15) is 28.4 Å². The third-order valence-electron chi connectivity index (χ3n) is 5.29. The first kappa shape index (κ1) is 17.7. The van der Waals surface area contributed by atoms with Crippen molar-refractivity contribution in [3.05, 3.63) is 83.3 Å². The van der Waals surface area contributed by atoms with Crippen molar-refractivity contribution in [2.45, 2.75) is 18.9 Å². The second-order valence-electron chi connectivity index (χ2n) is 6.94. The Balaban J connectivity index is 1.71. The Morgan fingerprint density at radius 2 is 1.78 bits per heavy atom. The molecule has 4 heteroatoms. The first-order valence-electron chi connectivity index (χ1n) is 9.33. The fourth-order valence-corrected chi connectivity index (χ4v) is 3.92. The average Bonchev–Trinajstić information content (AvgIpc) is 3.19. The molecule has 1 unspecified atom stereocenters. The first-order chi connectivity index (χ1) is 13.3. The van der Waals surface area contributed by atoms with E-state index in [9.17, 15) is 0 Å². The molecule has 0 amide bonds. The minimum Gasteiger partial charge on any atom is -0.493 e. The first-order valence-corrected chi connectivity index (χ1v) is 9.33. The van der Waals surface area contributed by atoms with Crippen LogP contribution < -0.4 is 9.47 Å². The van der Waals surface area contributed by atoms with Crippen LogP contribution in [-0.2, 0) is 13.0 Å². The number of methoxy groups -OCH3 is 2. The van der Waals surface area contributed by atoms with E-state index in [1.165, 1.54) is 16.7 Å². The lowest BCUT2D eigenvalue weighted by Crippen LogP contribution is -2.28. The Labute approximate surface area is 160 Å². The van der Waals surface area contributed by atoms with E-state index in [2.05, 4.69) is 53.4 Å². The van der Waals surface area contributed by atoms with Gasteiger partial charge in [0, 0.05) is 19.6 Å². The summed E-state index contributed by atoms with van der Waals surface area (Å²) in [5.74, 6) is 2.71. The van der Waals surface area contributed by atoms with Gasteiger partial charge in [0.2, 0.25) is 0 Å². The monoisotopic (exact) mass is 363 g/mol. The van der Waals surface area contributed by atoms with Crippen molar-refractivity contribution in [2.24, 2.45) is 0 Å². The summed E-state index contributed by atoms with van der Waals surface area (Å²) >= 11 is 0. The highest BCUT2D eigenvalue weighted by Crippen LogP contribution is 2.39. The molecule has 0 N–H and O–H groups in total. The summed E-state index contributed by atoms with van der Waals surface area (Å²) in [5.41, 5.74) is 3.89. The highest BCUT2D eigenvalue weighted by atomic mass is 16.5. The quantitative estimate of drug-likeness (QED) is 0.669. The van der Waals surface area contributed by atoms with Gasteiger partial charge in [-0.25, -0.2) is 0 Å². The van der Waals surface area contributed by atoms with Gasteiger partial charge in [0.25, 0.3) is 0 Å². The van der Waals surface area contributed by atoms with Crippen molar-refractivity contribution in [1.82, 2.24) is 4.90 Å². The maximum Gasteiger partial charge on any atom is 0.161 e. The molecule has 0 radical (unpaired) electrons. The van der Waals surface area contributed by atoms with Crippen molar-refractivity contribution in [3.8, 4) is 11.5 Å². The Morgan fingerprint density at radius 1 is 1.00 bits per heavy atom. The van der Waals surface area contributed by atoms with Gasteiger partial charge in [0.15, 0.2) is 11.5 Å². The van der Waals surface area contributed by atoms with E-state index >= 15 is 0 Å². The molecule has 0 saturated heterocycles. The van der Waals surface area contributed by atoms with Crippen LogP contribution in [-0.4, -0.2) is 32.2 Å². The second-order valence-corrected chi connectivity index (χ2v) is 6.94. The summed E-state index contributed by atoms with van der Waals surface area (Å²) in [5, 5.41) is 0. The molecule has 4 rings (SSSR count). The van der Waals surface area contributed by atoms with Crippen molar-refractivity contribution >= 4 is 0 Å². The van der Waals surface area contributed by atoms with Gasteiger partial charge >= 0.3 is 0 Å². The van der Waals surface area contributed by atoms with Crippen molar-refractivity contribution < 1.29 is 13.9 Å². The summed E-state index contributed by atoms with van der Waals surface area (Å²) in [6, 6.07) is 18.9. The molecule has 140 valence electrons. The van der Waals surface area contributed by atoms with Crippen LogP contribution in [0, 0.1) is 0 Å². The van der Waals surface area contributed by atoms with Crippen LogP contribution in [0.15, 0.2) is 65.3 Å². The van der Waals surface area contributed by atoms with Crippen LogP contribution in [0.5, 0.6) is 11.5 Å². The predicted octanol–water partition coefficient (Wildman–Crippen LogP) is 4.49. The normalized spacial score (nSPS) is 17.2. The van der Waals surface area contributed by atoms with E-state index in [1.807, 2.05) is 6.07 Å². The van der Waals surface area contributed by atoms with Crippen LogP contribution in [0.4, 0.5) is 0 Å². The zero-order valence-electron chi connectivity index (χ0n) is 15.9. The Kier molecular flexibility index (Phi) is 5.16. The molecule has 0 spiro atoms. The molecule has 1 aromatic heterocycles. The lowest BCUT2D eigenvalue weighted by Gasteiger charge is -2.24. The van der Waals surface area contributed by atoms with Crippen LogP contribution >= 0.6 is 0 Å². The fourth-order valence-electron chi connectivity index (χ4n) is 3.92. The van der Waals surface area contributed by atoms with Crippen molar-refractivity contribution in [2.75, 3.05) is 27.3 Å². The molecule has 4 nitrogen and oxygen atoms in total. The lowest BCUT2D eigenvalue weighted by atomic mass is 9.91. The minimum absolute atomic E-state index is 0.168. The van der Waals surface area contributed by atoms with Gasteiger partial charge in [-0.15, -0.1) is 0 Å². The van der Waals surface area contributed by atoms with Crippen LogP contribution in [0.3, 0.4) is 0 Å². The summed E-state index contributed by atoms with van der Waals surface area (Å²) in [6.07, 6.45) is 2.72. The van der Waals surface area contributed by atoms with Gasteiger partial charge in [-0.3, -0.25) is 4.90 Å². The van der Waals surface area contributed by atoms with Gasteiger partial charge < -0.3 is 13.9 Å². The van der Waals surface area contributed by atoms with Crippen LogP contribution in [0.25, 0.3) is 0 Å². The van der Waals surface area contributed by atoms with Gasteiger partial charge in [-0.2, -0.15) is 0 Å². The smallest absolute Gasteiger partial charge is 0.161 e. The Morgan fingerprint density at radius 3 is 2.48 bits per heavy atom. The van der Waals surface area contributed by atoms with Crippen molar-refractivity contribution in [1.29, 1.82) is 0 Å². The molecule has 1 aliphatic heterocycles. The number of fused-ring (bicyclic) bond motifs is 1. The van der Waals surface area contributed by atoms with E-state index in [0.29, 0.717) is 0 Å². The zero-order valence-corrected chi connectivity index (χ0v) is 15.9. The number of furan rings is 1. The molecular formula is C23H25NO3. The minimum atomic E-state index is 0.168. The summed E-state index contributed by atoms with van der Waals surface area (Å²) in [7, 11) is 3.37.